The van der Waals surface area contributed by atoms with E-state index in [0.29, 0.717) is 25.0 Å². The Morgan fingerprint density at radius 1 is 1.45 bits per heavy atom. The third kappa shape index (κ3) is 3.95. The molecular weight excluding hydrogens is 276 g/mol. The lowest BCUT2D eigenvalue weighted by molar-refractivity contribution is -0.140. The molecule has 0 saturated carbocycles. The maximum absolute atomic E-state index is 13.1. The average Bonchev–Trinajstić information content (AvgIpc) is 2.36. The Hall–Kier alpha value is -2.10. The molecule has 0 radical (unpaired) electrons. The number of hydrogen-bond acceptors (Lipinski definition) is 2. The van der Waals surface area contributed by atoms with Crippen molar-refractivity contribution in [3.8, 4) is 6.07 Å². The third-order valence-electron chi connectivity index (χ3n) is 2.59. The first-order valence-electron chi connectivity index (χ1n) is 5.86. The van der Waals surface area contributed by atoms with Crippen LogP contribution >= 0.6 is 0 Å². The highest BCUT2D eigenvalue weighted by atomic mass is 19.4. The van der Waals surface area contributed by atoms with Gasteiger partial charge in [0.05, 0.1) is 11.6 Å². The second-order valence-electron chi connectivity index (χ2n) is 4.15. The molecule has 1 N–H and O–H groups in total. The largest absolute Gasteiger partial charge is 0.419 e. The summed E-state index contributed by atoms with van der Waals surface area (Å²) in [5, 5.41) is 11.0. The maximum atomic E-state index is 13.1. The molecule has 0 heterocycles. The Bertz CT molecular complexity index is 534. The number of anilines is 1. The molecular formula is C13H12F4N2O. The van der Waals surface area contributed by atoms with Crippen molar-refractivity contribution in [1.29, 1.82) is 5.26 Å². The first-order chi connectivity index (χ1) is 9.29. The highest BCUT2D eigenvalue weighted by Gasteiger charge is 2.34. The Labute approximate surface area is 113 Å². The minimum Gasteiger partial charge on any atom is -0.325 e. The van der Waals surface area contributed by atoms with Crippen molar-refractivity contribution in [3.63, 3.8) is 0 Å². The number of nitriles is 1. The molecule has 0 aromatic heterocycles. The molecule has 0 saturated heterocycles. The van der Waals surface area contributed by atoms with E-state index in [2.05, 4.69) is 5.32 Å². The van der Waals surface area contributed by atoms with E-state index < -0.39 is 29.4 Å². The summed E-state index contributed by atoms with van der Waals surface area (Å²) < 4.78 is 50.6. The van der Waals surface area contributed by atoms with Crippen LogP contribution in [0.3, 0.4) is 0 Å². The smallest absolute Gasteiger partial charge is 0.325 e. The molecule has 0 bridgehead atoms. The summed E-state index contributed by atoms with van der Waals surface area (Å²) in [5.41, 5.74) is -1.65. The molecule has 1 rings (SSSR count). The van der Waals surface area contributed by atoms with Crippen LogP contribution in [0.4, 0.5) is 23.2 Å². The molecule has 0 aliphatic carbocycles. The number of benzene rings is 1. The van der Waals surface area contributed by atoms with Gasteiger partial charge in [0, 0.05) is 5.69 Å². The molecule has 1 atom stereocenters. The molecule has 3 nitrogen and oxygen atoms in total. The fourth-order valence-electron chi connectivity index (χ4n) is 1.59. The van der Waals surface area contributed by atoms with E-state index in [-0.39, 0.29) is 5.69 Å². The van der Waals surface area contributed by atoms with Crippen LogP contribution in [0.1, 0.15) is 25.3 Å². The first-order valence-corrected chi connectivity index (χ1v) is 5.86. The second-order valence-corrected chi connectivity index (χ2v) is 4.15. The molecule has 7 heteroatoms. The summed E-state index contributed by atoms with van der Waals surface area (Å²) in [6, 6.07) is 3.92. The quantitative estimate of drug-likeness (QED) is 0.858. The SMILES string of the molecule is CCCC(C#N)C(=O)Nc1ccc(F)c(C(F)(F)F)c1. The van der Waals surface area contributed by atoms with Crippen LogP contribution in [0.15, 0.2) is 18.2 Å². The lowest BCUT2D eigenvalue weighted by Crippen LogP contribution is -2.22. The van der Waals surface area contributed by atoms with Gasteiger partial charge in [0.25, 0.3) is 0 Å². The van der Waals surface area contributed by atoms with Crippen molar-refractivity contribution in [2.45, 2.75) is 25.9 Å². The van der Waals surface area contributed by atoms with Gasteiger partial charge in [0.15, 0.2) is 0 Å². The van der Waals surface area contributed by atoms with Gasteiger partial charge in [0.1, 0.15) is 11.7 Å². The Morgan fingerprint density at radius 2 is 2.10 bits per heavy atom. The molecule has 0 fully saturated rings. The number of rotatable bonds is 4. The van der Waals surface area contributed by atoms with Crippen molar-refractivity contribution in [2.24, 2.45) is 5.92 Å². The summed E-state index contributed by atoms with van der Waals surface area (Å²) in [6.45, 7) is 1.78. The third-order valence-corrected chi connectivity index (χ3v) is 2.59. The van der Waals surface area contributed by atoms with Crippen LogP contribution in [-0.2, 0) is 11.0 Å². The summed E-state index contributed by atoms with van der Waals surface area (Å²) in [5.74, 6) is -3.06. The van der Waals surface area contributed by atoms with E-state index in [1.807, 2.05) is 0 Å². The summed E-state index contributed by atoms with van der Waals surface area (Å²) >= 11 is 0. The molecule has 0 aliphatic heterocycles. The Morgan fingerprint density at radius 3 is 2.60 bits per heavy atom. The highest BCUT2D eigenvalue weighted by molar-refractivity contribution is 5.94. The zero-order chi connectivity index (χ0) is 15.3. The molecule has 1 aromatic rings. The molecule has 1 amide bonds. The zero-order valence-electron chi connectivity index (χ0n) is 10.6. The monoisotopic (exact) mass is 288 g/mol. The molecule has 1 aromatic carbocycles. The fourth-order valence-corrected chi connectivity index (χ4v) is 1.59. The van der Waals surface area contributed by atoms with Crippen molar-refractivity contribution < 1.29 is 22.4 Å². The van der Waals surface area contributed by atoms with Gasteiger partial charge in [-0.2, -0.15) is 18.4 Å². The van der Waals surface area contributed by atoms with Crippen LogP contribution in [0.2, 0.25) is 0 Å². The summed E-state index contributed by atoms with van der Waals surface area (Å²) in [4.78, 5) is 11.7. The van der Waals surface area contributed by atoms with E-state index in [1.54, 1.807) is 13.0 Å². The lowest BCUT2D eigenvalue weighted by Gasteiger charge is -2.12. The number of halogens is 4. The molecule has 0 spiro atoms. The predicted octanol–water partition coefficient (Wildman–Crippen LogP) is 3.72. The van der Waals surface area contributed by atoms with Crippen LogP contribution in [-0.4, -0.2) is 5.91 Å². The van der Waals surface area contributed by atoms with Gasteiger partial charge in [-0.15, -0.1) is 0 Å². The topological polar surface area (TPSA) is 52.9 Å². The number of hydrogen-bond donors (Lipinski definition) is 1. The number of alkyl halides is 3. The lowest BCUT2D eigenvalue weighted by atomic mass is 10.0. The van der Waals surface area contributed by atoms with Gasteiger partial charge >= 0.3 is 6.18 Å². The number of carbonyl (C=O) groups excluding carboxylic acids is 1. The van der Waals surface area contributed by atoms with E-state index in [4.69, 9.17) is 5.26 Å². The van der Waals surface area contributed by atoms with Crippen LogP contribution < -0.4 is 5.32 Å². The van der Waals surface area contributed by atoms with Crippen LogP contribution in [0.25, 0.3) is 0 Å². The maximum Gasteiger partial charge on any atom is 0.419 e. The average molecular weight is 288 g/mol. The molecule has 0 aliphatic rings. The van der Waals surface area contributed by atoms with Gasteiger partial charge < -0.3 is 5.32 Å². The van der Waals surface area contributed by atoms with Gasteiger partial charge in [-0.1, -0.05) is 13.3 Å². The fraction of sp³-hybridized carbons (Fsp3) is 0.385. The van der Waals surface area contributed by atoms with E-state index in [0.717, 1.165) is 6.07 Å². The number of nitrogens with one attached hydrogen (secondary N) is 1. The van der Waals surface area contributed by atoms with Crippen molar-refractivity contribution in [1.82, 2.24) is 0 Å². The van der Waals surface area contributed by atoms with Gasteiger partial charge in [0.2, 0.25) is 5.91 Å². The molecule has 1 unspecified atom stereocenters. The van der Waals surface area contributed by atoms with Gasteiger partial charge in [-0.25, -0.2) is 4.39 Å². The Balaban J connectivity index is 2.94. The van der Waals surface area contributed by atoms with Crippen molar-refractivity contribution >= 4 is 11.6 Å². The van der Waals surface area contributed by atoms with Crippen molar-refractivity contribution in [3.05, 3.63) is 29.6 Å². The minimum absolute atomic E-state index is 0.194. The summed E-state index contributed by atoms with van der Waals surface area (Å²) in [6.07, 6.45) is -3.96. The van der Waals surface area contributed by atoms with Gasteiger partial charge in [-0.3, -0.25) is 4.79 Å². The summed E-state index contributed by atoms with van der Waals surface area (Å²) in [7, 11) is 0. The van der Waals surface area contributed by atoms with Crippen LogP contribution in [0, 0.1) is 23.1 Å². The highest BCUT2D eigenvalue weighted by Crippen LogP contribution is 2.33. The number of nitrogens with zero attached hydrogens (tertiary/aromatic N) is 1. The number of amides is 1. The Kier molecular flexibility index (Phi) is 5.08. The van der Waals surface area contributed by atoms with E-state index in [9.17, 15) is 22.4 Å². The number of carbonyl (C=O) groups is 1. The standard InChI is InChI=1S/C13H12F4N2O/c1-2-3-8(7-18)12(20)19-9-4-5-11(14)10(6-9)13(15,16)17/h4-6,8H,2-3H2,1H3,(H,19,20). The van der Waals surface area contributed by atoms with Crippen LogP contribution in [0.5, 0.6) is 0 Å². The molecule has 108 valence electrons. The van der Waals surface area contributed by atoms with Gasteiger partial charge in [-0.05, 0) is 24.6 Å². The first kappa shape index (κ1) is 16.0. The normalized spacial score (nSPS) is 12.6. The second kappa shape index (κ2) is 6.37. The minimum atomic E-state index is -4.84. The van der Waals surface area contributed by atoms with Crippen molar-refractivity contribution in [2.75, 3.05) is 5.32 Å². The van der Waals surface area contributed by atoms with E-state index in [1.165, 1.54) is 0 Å². The zero-order valence-corrected chi connectivity index (χ0v) is 10.6. The predicted molar refractivity (Wildman–Crippen MR) is 64.0 cm³/mol. The van der Waals surface area contributed by atoms with E-state index >= 15 is 0 Å². The molecule has 20 heavy (non-hydrogen) atoms.